The zero-order chi connectivity index (χ0) is 14.4. The van der Waals surface area contributed by atoms with Crippen molar-refractivity contribution in [3.63, 3.8) is 0 Å². The minimum atomic E-state index is -0.255. The molecule has 2 N–H and O–H groups in total. The summed E-state index contributed by atoms with van der Waals surface area (Å²) in [5, 5.41) is 0. The van der Waals surface area contributed by atoms with Gasteiger partial charge in [-0.3, -0.25) is 4.79 Å². The molecule has 1 fully saturated rings. The van der Waals surface area contributed by atoms with Gasteiger partial charge in [0.05, 0.1) is 0 Å². The van der Waals surface area contributed by atoms with Gasteiger partial charge in [-0.05, 0) is 43.4 Å². The lowest BCUT2D eigenvalue weighted by Gasteiger charge is -2.29. The number of nitrogens with two attached hydrogens (primary N) is 1. The van der Waals surface area contributed by atoms with Gasteiger partial charge in [0.2, 0.25) is 0 Å². The van der Waals surface area contributed by atoms with Crippen molar-refractivity contribution in [3.8, 4) is 0 Å². The molecular formula is C16H24N2O2. The monoisotopic (exact) mass is 276 g/mol. The molecule has 1 heterocycles. The summed E-state index contributed by atoms with van der Waals surface area (Å²) < 4.78 is 5.75. The van der Waals surface area contributed by atoms with Gasteiger partial charge in [-0.15, -0.1) is 0 Å². The minimum Gasteiger partial charge on any atom is -0.384 e. The molecule has 1 aliphatic carbocycles. The summed E-state index contributed by atoms with van der Waals surface area (Å²) in [6, 6.07) is 3.61. The summed E-state index contributed by atoms with van der Waals surface area (Å²) in [5.41, 5.74) is 6.58. The summed E-state index contributed by atoms with van der Waals surface area (Å²) in [6.07, 6.45) is 7.69. The molecule has 1 aromatic rings. The smallest absolute Gasteiger partial charge is 0.166 e. The van der Waals surface area contributed by atoms with Gasteiger partial charge < -0.3 is 10.5 Å². The number of anilines is 1. The topological polar surface area (TPSA) is 65.2 Å². The van der Waals surface area contributed by atoms with E-state index in [2.05, 4.69) is 4.98 Å². The van der Waals surface area contributed by atoms with Gasteiger partial charge in [-0.2, -0.15) is 0 Å². The molecule has 2 rings (SSSR count). The summed E-state index contributed by atoms with van der Waals surface area (Å²) >= 11 is 0. The fourth-order valence-electron chi connectivity index (χ4n) is 3.01. The number of ether oxygens (including phenoxy) is 1. The Balaban J connectivity index is 2.02. The zero-order valence-electron chi connectivity index (χ0n) is 12.2. The van der Waals surface area contributed by atoms with Crippen molar-refractivity contribution in [2.24, 2.45) is 5.92 Å². The maximum absolute atomic E-state index is 12.5. The Bertz CT molecular complexity index is 442. The summed E-state index contributed by atoms with van der Waals surface area (Å²) in [6.45, 7) is 2.54. The molecule has 110 valence electrons. The maximum atomic E-state index is 12.5. The molecule has 0 radical (unpaired) electrons. The van der Waals surface area contributed by atoms with Gasteiger partial charge in [0.25, 0.3) is 0 Å². The SMILES string of the molecule is CCOC(C(=O)Cc1ccnc(N)c1)C1CCCCC1. The van der Waals surface area contributed by atoms with Crippen molar-refractivity contribution < 1.29 is 9.53 Å². The predicted octanol–water partition coefficient (Wildman–Crippen LogP) is 2.76. The van der Waals surface area contributed by atoms with E-state index in [1.807, 2.05) is 13.0 Å². The second-order valence-electron chi connectivity index (χ2n) is 5.51. The van der Waals surface area contributed by atoms with E-state index in [1.54, 1.807) is 12.3 Å². The Hall–Kier alpha value is -1.42. The molecule has 1 atom stereocenters. The number of ketones is 1. The first-order chi connectivity index (χ1) is 9.70. The number of hydrogen-bond donors (Lipinski definition) is 1. The third-order valence-electron chi connectivity index (χ3n) is 3.97. The minimum absolute atomic E-state index is 0.171. The average molecular weight is 276 g/mol. The molecule has 1 aliphatic rings. The van der Waals surface area contributed by atoms with Crippen LogP contribution < -0.4 is 5.73 Å². The van der Waals surface area contributed by atoms with Crippen LogP contribution in [-0.4, -0.2) is 23.5 Å². The Kier molecular flexibility index (Phi) is 5.53. The first-order valence-electron chi connectivity index (χ1n) is 7.55. The molecule has 0 aliphatic heterocycles. The van der Waals surface area contributed by atoms with Crippen LogP contribution in [0.3, 0.4) is 0 Å². The highest BCUT2D eigenvalue weighted by atomic mass is 16.5. The lowest BCUT2D eigenvalue weighted by atomic mass is 9.82. The molecule has 1 saturated carbocycles. The highest BCUT2D eigenvalue weighted by molar-refractivity contribution is 5.85. The molecule has 4 heteroatoms. The van der Waals surface area contributed by atoms with Crippen LogP contribution >= 0.6 is 0 Å². The van der Waals surface area contributed by atoms with Crippen LogP contribution in [0.2, 0.25) is 0 Å². The predicted molar refractivity (Wildman–Crippen MR) is 79.3 cm³/mol. The maximum Gasteiger partial charge on any atom is 0.166 e. The number of Topliss-reactive ketones (excluding diaryl/α,β-unsaturated/α-hetero) is 1. The Morgan fingerprint density at radius 3 is 2.85 bits per heavy atom. The molecule has 0 bridgehead atoms. The third-order valence-corrected chi connectivity index (χ3v) is 3.97. The Morgan fingerprint density at radius 2 is 2.20 bits per heavy atom. The van der Waals surface area contributed by atoms with E-state index in [-0.39, 0.29) is 11.9 Å². The number of carbonyl (C=O) groups is 1. The number of carbonyl (C=O) groups excluding carboxylic acids is 1. The lowest BCUT2D eigenvalue weighted by Crippen LogP contribution is -2.35. The molecule has 0 saturated heterocycles. The number of nitrogens with zero attached hydrogens (tertiary/aromatic N) is 1. The molecule has 1 unspecified atom stereocenters. The molecule has 20 heavy (non-hydrogen) atoms. The third kappa shape index (κ3) is 4.04. The van der Waals surface area contributed by atoms with E-state index in [1.165, 1.54) is 19.3 Å². The first kappa shape index (κ1) is 15.0. The Morgan fingerprint density at radius 1 is 1.45 bits per heavy atom. The molecule has 0 amide bonds. The standard InChI is InChI=1S/C16H24N2O2/c1-2-20-16(13-6-4-3-5-7-13)14(19)10-12-8-9-18-15(17)11-12/h8-9,11,13,16H,2-7,10H2,1H3,(H2,17,18). The van der Waals surface area contributed by atoms with Crippen LogP contribution in [0.15, 0.2) is 18.3 Å². The van der Waals surface area contributed by atoms with Crippen molar-refractivity contribution in [2.75, 3.05) is 12.3 Å². The quantitative estimate of drug-likeness (QED) is 0.867. The molecular weight excluding hydrogens is 252 g/mol. The van der Waals surface area contributed by atoms with Crippen LogP contribution in [0.1, 0.15) is 44.6 Å². The number of hydrogen-bond acceptors (Lipinski definition) is 4. The van der Waals surface area contributed by atoms with Crippen LogP contribution in [0, 0.1) is 5.92 Å². The highest BCUT2D eigenvalue weighted by Crippen LogP contribution is 2.29. The van der Waals surface area contributed by atoms with Crippen molar-refractivity contribution in [3.05, 3.63) is 23.9 Å². The van der Waals surface area contributed by atoms with Gasteiger partial charge in [-0.1, -0.05) is 19.3 Å². The normalized spacial score (nSPS) is 17.9. The number of pyridine rings is 1. The van der Waals surface area contributed by atoms with E-state index in [9.17, 15) is 4.79 Å². The second kappa shape index (κ2) is 7.39. The van der Waals surface area contributed by atoms with Gasteiger partial charge in [0.15, 0.2) is 5.78 Å². The molecule has 0 aromatic carbocycles. The molecule has 4 nitrogen and oxygen atoms in total. The summed E-state index contributed by atoms with van der Waals surface area (Å²) in [4.78, 5) is 16.5. The summed E-state index contributed by atoms with van der Waals surface area (Å²) in [5.74, 6) is 1.01. The van der Waals surface area contributed by atoms with Crippen molar-refractivity contribution >= 4 is 11.6 Å². The summed E-state index contributed by atoms with van der Waals surface area (Å²) in [7, 11) is 0. The van der Waals surface area contributed by atoms with Crippen LogP contribution in [0.5, 0.6) is 0 Å². The van der Waals surface area contributed by atoms with Crippen LogP contribution in [0.25, 0.3) is 0 Å². The largest absolute Gasteiger partial charge is 0.384 e. The van der Waals surface area contributed by atoms with E-state index in [4.69, 9.17) is 10.5 Å². The Labute approximate surface area is 120 Å². The van der Waals surface area contributed by atoms with E-state index >= 15 is 0 Å². The number of rotatable bonds is 6. The average Bonchev–Trinajstić information content (AvgIpc) is 2.45. The lowest BCUT2D eigenvalue weighted by molar-refractivity contribution is -0.134. The highest BCUT2D eigenvalue weighted by Gasteiger charge is 2.29. The van der Waals surface area contributed by atoms with Gasteiger partial charge >= 0.3 is 0 Å². The van der Waals surface area contributed by atoms with Crippen molar-refractivity contribution in [1.29, 1.82) is 0 Å². The molecule has 0 spiro atoms. The fourth-order valence-corrected chi connectivity index (χ4v) is 3.01. The first-order valence-corrected chi connectivity index (χ1v) is 7.55. The number of nitrogen functional groups attached to an aromatic ring is 1. The van der Waals surface area contributed by atoms with Gasteiger partial charge in [-0.25, -0.2) is 4.98 Å². The van der Waals surface area contributed by atoms with Gasteiger partial charge in [0.1, 0.15) is 11.9 Å². The zero-order valence-corrected chi connectivity index (χ0v) is 12.2. The van der Waals surface area contributed by atoms with E-state index in [0.29, 0.717) is 24.8 Å². The fraction of sp³-hybridized carbons (Fsp3) is 0.625. The van der Waals surface area contributed by atoms with Crippen LogP contribution in [-0.2, 0) is 16.0 Å². The van der Waals surface area contributed by atoms with Gasteiger partial charge in [0, 0.05) is 19.2 Å². The molecule has 1 aromatic heterocycles. The van der Waals surface area contributed by atoms with Crippen molar-refractivity contribution in [2.45, 2.75) is 51.6 Å². The van der Waals surface area contributed by atoms with Crippen molar-refractivity contribution in [1.82, 2.24) is 4.98 Å². The van der Waals surface area contributed by atoms with E-state index in [0.717, 1.165) is 18.4 Å². The second-order valence-corrected chi connectivity index (χ2v) is 5.51. The van der Waals surface area contributed by atoms with E-state index < -0.39 is 0 Å². The van der Waals surface area contributed by atoms with Crippen LogP contribution in [0.4, 0.5) is 5.82 Å². The number of aromatic nitrogens is 1.